The molecule has 0 radical (unpaired) electrons. The smallest absolute Gasteiger partial charge is 0.0600 e. The zero-order chi connectivity index (χ0) is 12.4. The highest BCUT2D eigenvalue weighted by atomic mass is 35.5. The van der Waals surface area contributed by atoms with Gasteiger partial charge >= 0.3 is 0 Å². The molecular weight excluding hydrogens is 232 g/mol. The van der Waals surface area contributed by atoms with E-state index in [-0.39, 0.29) is 0 Å². The van der Waals surface area contributed by atoms with E-state index in [0.717, 1.165) is 17.3 Å². The molecule has 3 heteroatoms. The van der Waals surface area contributed by atoms with Gasteiger partial charge in [0.1, 0.15) is 0 Å². The molecule has 0 saturated heterocycles. The van der Waals surface area contributed by atoms with Gasteiger partial charge in [0, 0.05) is 18.1 Å². The van der Waals surface area contributed by atoms with Gasteiger partial charge in [0.05, 0.1) is 11.4 Å². The summed E-state index contributed by atoms with van der Waals surface area (Å²) in [5, 5.41) is 0.705. The molecule has 0 aliphatic heterocycles. The summed E-state index contributed by atoms with van der Waals surface area (Å²) < 4.78 is 0. The molecule has 1 aliphatic rings. The summed E-state index contributed by atoms with van der Waals surface area (Å²) in [6.07, 6.45) is 5.27. The van der Waals surface area contributed by atoms with Crippen molar-refractivity contribution >= 4 is 23.0 Å². The van der Waals surface area contributed by atoms with Gasteiger partial charge in [-0.25, -0.2) is 0 Å². The number of halogens is 1. The van der Waals surface area contributed by atoms with E-state index >= 15 is 0 Å². The second kappa shape index (κ2) is 5.18. The summed E-state index contributed by atoms with van der Waals surface area (Å²) in [6, 6.07) is 6.38. The molecule has 0 amide bonds. The van der Waals surface area contributed by atoms with E-state index in [1.54, 1.807) is 0 Å². The van der Waals surface area contributed by atoms with Gasteiger partial charge in [-0.2, -0.15) is 0 Å². The van der Waals surface area contributed by atoms with Gasteiger partial charge in [-0.15, -0.1) is 0 Å². The van der Waals surface area contributed by atoms with Crippen LogP contribution in [0.3, 0.4) is 0 Å². The van der Waals surface area contributed by atoms with Crippen molar-refractivity contribution in [3.63, 3.8) is 0 Å². The van der Waals surface area contributed by atoms with E-state index in [1.807, 2.05) is 18.2 Å². The summed E-state index contributed by atoms with van der Waals surface area (Å²) in [4.78, 5) is 2.33. The zero-order valence-corrected chi connectivity index (χ0v) is 11.4. The quantitative estimate of drug-likeness (QED) is 0.808. The Bertz CT molecular complexity index is 392. The van der Waals surface area contributed by atoms with Crippen molar-refractivity contribution in [3.05, 3.63) is 23.2 Å². The van der Waals surface area contributed by atoms with Crippen LogP contribution in [0.15, 0.2) is 18.2 Å². The summed E-state index contributed by atoms with van der Waals surface area (Å²) >= 11 is 5.94. The highest BCUT2D eigenvalue weighted by Gasteiger charge is 2.25. The van der Waals surface area contributed by atoms with Crippen LogP contribution in [0, 0.1) is 5.92 Å². The highest BCUT2D eigenvalue weighted by Crippen LogP contribution is 2.33. The monoisotopic (exact) mass is 252 g/mol. The van der Waals surface area contributed by atoms with Gasteiger partial charge in [0.15, 0.2) is 0 Å². The first-order chi connectivity index (χ1) is 8.09. The molecule has 1 aromatic carbocycles. The lowest BCUT2D eigenvalue weighted by atomic mass is 9.85. The largest absolute Gasteiger partial charge is 0.397 e. The minimum atomic E-state index is 0.604. The fraction of sp³-hybridized carbons (Fsp3) is 0.571. The standard InChI is InChI=1S/C14H21ClN2/c1-10-5-3-4-6-13(10)17(2)14-8-7-11(15)9-12(14)16/h7-10,13H,3-6,16H2,1-2H3. The Morgan fingerprint density at radius 3 is 2.65 bits per heavy atom. The molecule has 17 heavy (non-hydrogen) atoms. The Hall–Kier alpha value is -0.890. The fourth-order valence-corrected chi connectivity index (χ4v) is 3.08. The summed E-state index contributed by atoms with van der Waals surface area (Å²) in [5.74, 6) is 0.740. The Labute approximate surface area is 109 Å². The van der Waals surface area contributed by atoms with Crippen molar-refractivity contribution in [3.8, 4) is 0 Å². The number of nitrogen functional groups attached to an aromatic ring is 1. The number of benzene rings is 1. The van der Waals surface area contributed by atoms with Gasteiger partial charge < -0.3 is 10.6 Å². The third-order valence-corrected chi connectivity index (χ3v) is 4.17. The molecule has 2 N–H and O–H groups in total. The van der Waals surface area contributed by atoms with E-state index in [1.165, 1.54) is 25.7 Å². The minimum absolute atomic E-state index is 0.604. The second-order valence-electron chi connectivity index (χ2n) is 5.14. The van der Waals surface area contributed by atoms with Gasteiger partial charge in [-0.3, -0.25) is 0 Å². The molecule has 0 spiro atoms. The molecule has 0 heterocycles. The average molecular weight is 253 g/mol. The van der Waals surface area contributed by atoms with Crippen molar-refractivity contribution in [1.82, 2.24) is 0 Å². The molecule has 1 aromatic rings. The van der Waals surface area contributed by atoms with Crippen molar-refractivity contribution < 1.29 is 0 Å². The second-order valence-corrected chi connectivity index (χ2v) is 5.58. The predicted octanol–water partition coefficient (Wildman–Crippen LogP) is 3.94. The molecule has 1 fully saturated rings. The van der Waals surface area contributed by atoms with Crippen LogP contribution in [-0.2, 0) is 0 Å². The van der Waals surface area contributed by atoms with Crippen molar-refractivity contribution in [2.24, 2.45) is 5.92 Å². The molecule has 2 rings (SSSR count). The lowest BCUT2D eigenvalue weighted by Gasteiger charge is -2.38. The van der Waals surface area contributed by atoms with Crippen LogP contribution in [0.2, 0.25) is 5.02 Å². The van der Waals surface area contributed by atoms with E-state index in [2.05, 4.69) is 18.9 Å². The van der Waals surface area contributed by atoms with Gasteiger partial charge in [0.2, 0.25) is 0 Å². The molecule has 1 saturated carbocycles. The van der Waals surface area contributed by atoms with Crippen LogP contribution < -0.4 is 10.6 Å². The molecule has 0 bridgehead atoms. The zero-order valence-electron chi connectivity index (χ0n) is 10.6. The van der Waals surface area contributed by atoms with Gasteiger partial charge in [0.25, 0.3) is 0 Å². The van der Waals surface area contributed by atoms with Crippen molar-refractivity contribution in [1.29, 1.82) is 0 Å². The van der Waals surface area contributed by atoms with Crippen LogP contribution in [0.1, 0.15) is 32.6 Å². The van der Waals surface area contributed by atoms with Crippen molar-refractivity contribution in [2.45, 2.75) is 38.6 Å². The average Bonchev–Trinajstić information content (AvgIpc) is 2.29. The van der Waals surface area contributed by atoms with Crippen LogP contribution in [0.4, 0.5) is 11.4 Å². The number of nitrogens with zero attached hydrogens (tertiary/aromatic N) is 1. The minimum Gasteiger partial charge on any atom is -0.397 e. The normalized spacial score (nSPS) is 24.6. The number of rotatable bonds is 2. The van der Waals surface area contributed by atoms with Crippen molar-refractivity contribution in [2.75, 3.05) is 17.7 Å². The Balaban J connectivity index is 2.20. The number of anilines is 2. The number of hydrogen-bond donors (Lipinski definition) is 1. The van der Waals surface area contributed by atoms with Crippen LogP contribution >= 0.6 is 11.6 Å². The fourth-order valence-electron chi connectivity index (χ4n) is 2.90. The predicted molar refractivity (Wildman–Crippen MR) is 75.7 cm³/mol. The maximum absolute atomic E-state index is 6.05. The Morgan fingerprint density at radius 2 is 2.00 bits per heavy atom. The lowest BCUT2D eigenvalue weighted by Crippen LogP contribution is -2.39. The maximum Gasteiger partial charge on any atom is 0.0600 e. The third kappa shape index (κ3) is 2.68. The number of hydrogen-bond acceptors (Lipinski definition) is 2. The maximum atomic E-state index is 6.05. The van der Waals surface area contributed by atoms with E-state index < -0.39 is 0 Å². The first kappa shape index (κ1) is 12.6. The highest BCUT2D eigenvalue weighted by molar-refractivity contribution is 6.31. The SMILES string of the molecule is CC1CCCCC1N(C)c1ccc(Cl)cc1N. The lowest BCUT2D eigenvalue weighted by molar-refractivity contribution is 0.322. The Morgan fingerprint density at radius 1 is 1.29 bits per heavy atom. The molecule has 2 nitrogen and oxygen atoms in total. The molecule has 94 valence electrons. The topological polar surface area (TPSA) is 29.3 Å². The molecule has 2 unspecified atom stereocenters. The van der Waals surface area contributed by atoms with E-state index in [0.29, 0.717) is 11.1 Å². The molecular formula is C14H21ClN2. The van der Waals surface area contributed by atoms with E-state index in [4.69, 9.17) is 17.3 Å². The summed E-state index contributed by atoms with van der Waals surface area (Å²) in [6.45, 7) is 2.34. The summed E-state index contributed by atoms with van der Waals surface area (Å²) in [7, 11) is 2.14. The number of nitrogens with two attached hydrogens (primary N) is 1. The van der Waals surface area contributed by atoms with E-state index in [9.17, 15) is 0 Å². The Kier molecular flexibility index (Phi) is 3.82. The molecule has 2 atom stereocenters. The van der Waals surface area contributed by atoms with Gasteiger partial charge in [-0.1, -0.05) is 31.4 Å². The third-order valence-electron chi connectivity index (χ3n) is 3.93. The first-order valence-corrected chi connectivity index (χ1v) is 6.75. The first-order valence-electron chi connectivity index (χ1n) is 6.37. The van der Waals surface area contributed by atoms with Gasteiger partial charge in [-0.05, 0) is 37.0 Å². The van der Waals surface area contributed by atoms with Crippen LogP contribution in [0.25, 0.3) is 0 Å². The van der Waals surface area contributed by atoms with Crippen LogP contribution in [0.5, 0.6) is 0 Å². The molecule has 1 aliphatic carbocycles. The molecule has 0 aromatic heterocycles. The summed E-state index contributed by atoms with van der Waals surface area (Å²) in [5.41, 5.74) is 7.93. The van der Waals surface area contributed by atoms with Crippen LogP contribution in [-0.4, -0.2) is 13.1 Å².